The van der Waals surface area contributed by atoms with Crippen LogP contribution in [-0.4, -0.2) is 23.2 Å². The predicted octanol–water partition coefficient (Wildman–Crippen LogP) is 3.95. The van der Waals surface area contributed by atoms with E-state index in [2.05, 4.69) is 15.5 Å². The highest BCUT2D eigenvalue weighted by Gasteiger charge is 2.12. The van der Waals surface area contributed by atoms with E-state index in [1.54, 1.807) is 13.2 Å². The van der Waals surface area contributed by atoms with E-state index in [9.17, 15) is 4.79 Å². The molecular formula is C19H19N3O2. The van der Waals surface area contributed by atoms with Crippen LogP contribution >= 0.6 is 0 Å². The van der Waals surface area contributed by atoms with Gasteiger partial charge in [-0.15, -0.1) is 0 Å². The molecule has 24 heavy (non-hydrogen) atoms. The van der Waals surface area contributed by atoms with E-state index in [1.807, 2.05) is 56.3 Å². The molecule has 0 saturated carbocycles. The summed E-state index contributed by atoms with van der Waals surface area (Å²) in [6.45, 7) is 3.96. The molecule has 0 aliphatic heterocycles. The van der Waals surface area contributed by atoms with Crippen LogP contribution in [0.4, 0.5) is 5.69 Å². The molecule has 0 saturated heterocycles. The first-order valence-electron chi connectivity index (χ1n) is 7.65. The molecule has 0 aliphatic rings. The Morgan fingerprint density at radius 1 is 1.08 bits per heavy atom. The fraction of sp³-hybridized carbons (Fsp3) is 0.158. The second-order valence-electron chi connectivity index (χ2n) is 5.67. The molecule has 1 aromatic heterocycles. The predicted molar refractivity (Wildman–Crippen MR) is 94.4 cm³/mol. The van der Waals surface area contributed by atoms with Gasteiger partial charge in [0.15, 0.2) is 0 Å². The molecule has 5 nitrogen and oxygen atoms in total. The smallest absolute Gasteiger partial charge is 0.273 e. The van der Waals surface area contributed by atoms with E-state index in [-0.39, 0.29) is 5.91 Å². The summed E-state index contributed by atoms with van der Waals surface area (Å²) in [7, 11) is 1.62. The topological polar surface area (TPSA) is 67.0 Å². The molecule has 3 aromatic rings. The number of carbonyl (C=O) groups is 1. The van der Waals surface area contributed by atoms with E-state index in [1.165, 1.54) is 0 Å². The number of hydrogen-bond acceptors (Lipinski definition) is 3. The normalized spacial score (nSPS) is 10.5. The van der Waals surface area contributed by atoms with Crippen molar-refractivity contribution in [3.05, 3.63) is 65.4 Å². The van der Waals surface area contributed by atoms with Crippen LogP contribution in [0.5, 0.6) is 5.75 Å². The average molecular weight is 321 g/mol. The molecule has 5 heteroatoms. The highest BCUT2D eigenvalue weighted by molar-refractivity contribution is 6.03. The highest BCUT2D eigenvalue weighted by atomic mass is 16.5. The minimum Gasteiger partial charge on any atom is -0.497 e. The Morgan fingerprint density at radius 2 is 1.83 bits per heavy atom. The van der Waals surface area contributed by atoms with Crippen molar-refractivity contribution in [2.75, 3.05) is 12.4 Å². The maximum absolute atomic E-state index is 12.4. The largest absolute Gasteiger partial charge is 0.497 e. The number of amides is 1. The van der Waals surface area contributed by atoms with Gasteiger partial charge in [0.2, 0.25) is 0 Å². The zero-order valence-electron chi connectivity index (χ0n) is 13.9. The second kappa shape index (κ2) is 6.58. The Kier molecular flexibility index (Phi) is 4.33. The highest BCUT2D eigenvalue weighted by Crippen LogP contribution is 2.22. The summed E-state index contributed by atoms with van der Waals surface area (Å²) in [5.74, 6) is 0.568. The van der Waals surface area contributed by atoms with Gasteiger partial charge in [-0.1, -0.05) is 12.1 Å². The molecule has 0 fully saturated rings. The van der Waals surface area contributed by atoms with Crippen LogP contribution in [0, 0.1) is 13.8 Å². The number of anilines is 1. The van der Waals surface area contributed by atoms with Gasteiger partial charge in [-0.25, -0.2) is 0 Å². The number of aryl methyl sites for hydroxylation is 2. The van der Waals surface area contributed by atoms with E-state index in [0.29, 0.717) is 11.4 Å². The molecule has 2 N–H and O–H groups in total. The first kappa shape index (κ1) is 15.8. The number of benzene rings is 2. The molecule has 0 radical (unpaired) electrons. The van der Waals surface area contributed by atoms with Crippen LogP contribution in [0.2, 0.25) is 0 Å². The van der Waals surface area contributed by atoms with Crippen LogP contribution in [-0.2, 0) is 0 Å². The number of carbonyl (C=O) groups excluding carboxylic acids is 1. The van der Waals surface area contributed by atoms with Gasteiger partial charge in [0.25, 0.3) is 5.91 Å². The lowest BCUT2D eigenvalue weighted by molar-refractivity contribution is 0.102. The molecule has 3 rings (SSSR count). The molecule has 1 heterocycles. The third-order valence-electron chi connectivity index (χ3n) is 3.85. The Hall–Kier alpha value is -3.08. The SMILES string of the molecule is COc1ccc(-c2cc(C(=O)Nc3cc(C)ccc3C)[nH]n2)cc1. The zero-order valence-corrected chi connectivity index (χ0v) is 13.9. The minimum absolute atomic E-state index is 0.212. The third kappa shape index (κ3) is 3.30. The Morgan fingerprint density at radius 3 is 2.54 bits per heavy atom. The number of aromatic nitrogens is 2. The van der Waals surface area contributed by atoms with E-state index in [0.717, 1.165) is 28.1 Å². The number of H-pyrrole nitrogens is 1. The number of nitrogens with zero attached hydrogens (tertiary/aromatic N) is 1. The van der Waals surface area contributed by atoms with E-state index >= 15 is 0 Å². The van der Waals surface area contributed by atoms with Crippen molar-refractivity contribution in [3.8, 4) is 17.0 Å². The molecule has 2 aromatic carbocycles. The van der Waals surface area contributed by atoms with Crippen molar-refractivity contribution >= 4 is 11.6 Å². The number of aromatic amines is 1. The van der Waals surface area contributed by atoms with Gasteiger partial charge in [-0.05, 0) is 61.4 Å². The van der Waals surface area contributed by atoms with Gasteiger partial charge in [-0.2, -0.15) is 5.10 Å². The fourth-order valence-corrected chi connectivity index (χ4v) is 2.41. The first-order valence-corrected chi connectivity index (χ1v) is 7.65. The molecule has 122 valence electrons. The van der Waals surface area contributed by atoms with Crippen molar-refractivity contribution in [2.45, 2.75) is 13.8 Å². The standard InChI is InChI=1S/C19H19N3O2/c1-12-4-5-13(2)16(10-12)20-19(23)18-11-17(21-22-18)14-6-8-15(24-3)9-7-14/h4-11H,1-3H3,(H,20,23)(H,21,22). The van der Waals surface area contributed by atoms with Crippen LogP contribution in [0.15, 0.2) is 48.5 Å². The van der Waals surface area contributed by atoms with Gasteiger partial charge in [-0.3, -0.25) is 9.89 Å². The van der Waals surface area contributed by atoms with Crippen molar-refractivity contribution in [3.63, 3.8) is 0 Å². The number of nitrogens with one attached hydrogen (secondary N) is 2. The number of rotatable bonds is 4. The van der Waals surface area contributed by atoms with E-state index < -0.39 is 0 Å². The number of methoxy groups -OCH3 is 1. The van der Waals surface area contributed by atoms with Crippen molar-refractivity contribution in [1.82, 2.24) is 10.2 Å². The monoisotopic (exact) mass is 321 g/mol. The molecule has 0 aliphatic carbocycles. The summed E-state index contributed by atoms with van der Waals surface area (Å²) in [6, 6.07) is 15.2. The Labute approximate surface area is 140 Å². The summed E-state index contributed by atoms with van der Waals surface area (Å²) in [6.07, 6.45) is 0. The number of ether oxygens (including phenoxy) is 1. The molecule has 0 unspecified atom stereocenters. The van der Waals surface area contributed by atoms with Crippen LogP contribution in [0.3, 0.4) is 0 Å². The van der Waals surface area contributed by atoms with Gasteiger partial charge in [0.05, 0.1) is 12.8 Å². The maximum Gasteiger partial charge on any atom is 0.273 e. The summed E-state index contributed by atoms with van der Waals surface area (Å²) in [5, 5.41) is 9.93. The van der Waals surface area contributed by atoms with Crippen molar-refractivity contribution in [1.29, 1.82) is 0 Å². The quantitative estimate of drug-likeness (QED) is 0.764. The second-order valence-corrected chi connectivity index (χ2v) is 5.67. The molecule has 1 amide bonds. The molecular weight excluding hydrogens is 302 g/mol. The summed E-state index contributed by atoms with van der Waals surface area (Å²) in [5.41, 5.74) is 4.97. The van der Waals surface area contributed by atoms with E-state index in [4.69, 9.17) is 4.74 Å². The minimum atomic E-state index is -0.212. The van der Waals surface area contributed by atoms with Crippen molar-refractivity contribution in [2.24, 2.45) is 0 Å². The maximum atomic E-state index is 12.4. The van der Waals surface area contributed by atoms with Crippen LogP contribution in [0.25, 0.3) is 11.3 Å². The summed E-state index contributed by atoms with van der Waals surface area (Å²) >= 11 is 0. The fourth-order valence-electron chi connectivity index (χ4n) is 2.41. The summed E-state index contributed by atoms with van der Waals surface area (Å²) in [4.78, 5) is 12.4. The van der Waals surface area contributed by atoms with Gasteiger partial charge >= 0.3 is 0 Å². The van der Waals surface area contributed by atoms with Crippen LogP contribution < -0.4 is 10.1 Å². The van der Waals surface area contributed by atoms with Crippen LogP contribution in [0.1, 0.15) is 21.6 Å². The lowest BCUT2D eigenvalue weighted by Gasteiger charge is -2.08. The number of hydrogen-bond donors (Lipinski definition) is 2. The lowest BCUT2D eigenvalue weighted by atomic mass is 10.1. The van der Waals surface area contributed by atoms with Gasteiger partial charge in [0, 0.05) is 11.3 Å². The lowest BCUT2D eigenvalue weighted by Crippen LogP contribution is -2.13. The molecule has 0 spiro atoms. The van der Waals surface area contributed by atoms with Crippen molar-refractivity contribution < 1.29 is 9.53 Å². The zero-order chi connectivity index (χ0) is 17.1. The van der Waals surface area contributed by atoms with Gasteiger partial charge < -0.3 is 10.1 Å². The molecule has 0 atom stereocenters. The third-order valence-corrected chi connectivity index (χ3v) is 3.85. The Balaban J connectivity index is 1.79. The Bertz CT molecular complexity index is 867. The van der Waals surface area contributed by atoms with Gasteiger partial charge in [0.1, 0.15) is 11.4 Å². The average Bonchev–Trinajstić information content (AvgIpc) is 3.08. The molecule has 0 bridgehead atoms. The summed E-state index contributed by atoms with van der Waals surface area (Å²) < 4.78 is 5.14. The first-order chi connectivity index (χ1) is 11.6.